The van der Waals surface area contributed by atoms with Crippen LogP contribution in [0.4, 0.5) is 9.93 Å². The zero-order chi connectivity index (χ0) is 18.8. The highest BCUT2D eigenvalue weighted by Crippen LogP contribution is 2.24. The van der Waals surface area contributed by atoms with Crippen molar-refractivity contribution in [3.8, 4) is 0 Å². The molecule has 0 bridgehead atoms. The lowest BCUT2D eigenvalue weighted by Crippen LogP contribution is -2.51. The second-order valence-electron chi connectivity index (χ2n) is 6.43. The van der Waals surface area contributed by atoms with E-state index < -0.39 is 21.7 Å². The van der Waals surface area contributed by atoms with E-state index in [1.54, 1.807) is 20.8 Å². The average Bonchev–Trinajstić information content (AvgIpc) is 2.94. The molecular weight excluding hydrogens is 370 g/mol. The van der Waals surface area contributed by atoms with Gasteiger partial charge in [0.2, 0.25) is 15.4 Å². The second-order valence-corrected chi connectivity index (χ2v) is 9.51. The van der Waals surface area contributed by atoms with E-state index in [4.69, 9.17) is 4.74 Å². The summed E-state index contributed by atoms with van der Waals surface area (Å²) in [6.45, 7) is 7.34. The summed E-state index contributed by atoms with van der Waals surface area (Å²) in [5.41, 5.74) is -0.604. The van der Waals surface area contributed by atoms with E-state index in [1.165, 1.54) is 16.1 Å². The van der Waals surface area contributed by atoms with Gasteiger partial charge in [0.25, 0.3) is 10.0 Å². The summed E-state index contributed by atoms with van der Waals surface area (Å²) in [5.74, 6) is -0.355. The number of nitrogens with one attached hydrogen (secondary N) is 1. The molecule has 1 aliphatic heterocycles. The minimum Gasteiger partial charge on any atom is -0.444 e. The van der Waals surface area contributed by atoms with Crippen molar-refractivity contribution in [2.45, 2.75) is 37.6 Å². The molecule has 25 heavy (non-hydrogen) atoms. The molecule has 0 spiro atoms. The van der Waals surface area contributed by atoms with Crippen LogP contribution in [-0.2, 0) is 19.6 Å². The number of carbonyl (C=O) groups is 2. The Morgan fingerprint density at radius 3 is 2.28 bits per heavy atom. The van der Waals surface area contributed by atoms with Crippen LogP contribution in [0.15, 0.2) is 4.34 Å². The van der Waals surface area contributed by atoms with Gasteiger partial charge in [0.1, 0.15) is 5.60 Å². The molecule has 1 N–H and O–H groups in total. The Kier molecular flexibility index (Phi) is 5.64. The van der Waals surface area contributed by atoms with E-state index >= 15 is 0 Å². The molecule has 0 unspecified atom stereocenters. The molecule has 0 aromatic carbocycles. The van der Waals surface area contributed by atoms with Crippen molar-refractivity contribution < 1.29 is 22.7 Å². The molecule has 1 fully saturated rings. The highest BCUT2D eigenvalue weighted by molar-refractivity contribution is 7.91. The highest BCUT2D eigenvalue weighted by atomic mass is 32.2. The highest BCUT2D eigenvalue weighted by Gasteiger charge is 2.34. The molecule has 2 amide bonds. The smallest absolute Gasteiger partial charge is 0.410 e. The summed E-state index contributed by atoms with van der Waals surface area (Å²) in [5, 5.41) is 9.81. The van der Waals surface area contributed by atoms with Gasteiger partial charge in [-0.15, -0.1) is 10.2 Å². The summed E-state index contributed by atoms with van der Waals surface area (Å²) < 4.78 is 31.5. The van der Waals surface area contributed by atoms with Gasteiger partial charge >= 0.3 is 6.09 Å². The summed E-state index contributed by atoms with van der Waals surface area (Å²) in [4.78, 5) is 24.5. The van der Waals surface area contributed by atoms with Gasteiger partial charge in [-0.2, -0.15) is 4.31 Å². The molecule has 2 heterocycles. The molecular formula is C13H21N5O5S2. The van der Waals surface area contributed by atoms with Crippen LogP contribution in [0, 0.1) is 0 Å². The van der Waals surface area contributed by atoms with Gasteiger partial charge in [-0.3, -0.25) is 4.79 Å². The maximum absolute atomic E-state index is 12.6. The van der Waals surface area contributed by atoms with Gasteiger partial charge in [0.15, 0.2) is 0 Å². The van der Waals surface area contributed by atoms with Crippen LogP contribution in [-0.4, -0.2) is 71.6 Å². The maximum Gasteiger partial charge on any atom is 0.410 e. The Hall–Kier alpha value is -1.79. The topological polar surface area (TPSA) is 122 Å². The van der Waals surface area contributed by atoms with E-state index in [0.29, 0.717) is 0 Å². The standard InChI is InChI=1S/C13H21N5O5S2/c1-9(19)14-10-15-16-11(24-10)25(21,22)18-7-5-17(6-8-18)12(20)23-13(2,3)4/h5-8H2,1-4H3,(H,14,15,19). The zero-order valence-electron chi connectivity index (χ0n) is 14.5. The van der Waals surface area contributed by atoms with Crippen LogP contribution in [0.1, 0.15) is 27.7 Å². The number of sulfonamides is 1. The number of piperazine rings is 1. The number of ether oxygens (including phenoxy) is 1. The monoisotopic (exact) mass is 391 g/mol. The first-order valence-electron chi connectivity index (χ1n) is 7.58. The minimum atomic E-state index is -3.81. The van der Waals surface area contributed by atoms with Crippen molar-refractivity contribution >= 4 is 38.5 Å². The lowest BCUT2D eigenvalue weighted by molar-refractivity contribution is -0.114. The maximum atomic E-state index is 12.6. The van der Waals surface area contributed by atoms with Crippen LogP contribution in [0.3, 0.4) is 0 Å². The molecule has 0 aliphatic carbocycles. The molecule has 140 valence electrons. The predicted octanol–water partition coefficient (Wildman–Crippen LogP) is 0.738. The minimum absolute atomic E-state index is 0.124. The summed E-state index contributed by atoms with van der Waals surface area (Å²) in [6, 6.07) is 0. The number of amides is 2. The molecule has 0 radical (unpaired) electrons. The van der Waals surface area contributed by atoms with Crippen LogP contribution in [0.5, 0.6) is 0 Å². The number of hydrogen-bond acceptors (Lipinski definition) is 8. The average molecular weight is 391 g/mol. The Bertz CT molecular complexity index is 747. The summed E-state index contributed by atoms with van der Waals surface area (Å²) >= 11 is 0.788. The molecule has 2 rings (SSSR count). The summed E-state index contributed by atoms with van der Waals surface area (Å²) in [6.07, 6.45) is -0.464. The van der Waals surface area contributed by atoms with Crippen molar-refractivity contribution in [2.24, 2.45) is 0 Å². The first kappa shape index (κ1) is 19.5. The van der Waals surface area contributed by atoms with E-state index in [1.807, 2.05) is 0 Å². The quantitative estimate of drug-likeness (QED) is 0.754. The van der Waals surface area contributed by atoms with Gasteiger partial charge in [-0.1, -0.05) is 11.3 Å². The number of nitrogens with zero attached hydrogens (tertiary/aromatic N) is 4. The number of hydrogen-bond donors (Lipinski definition) is 1. The van der Waals surface area contributed by atoms with Crippen molar-refractivity contribution in [3.05, 3.63) is 0 Å². The van der Waals surface area contributed by atoms with E-state index in [-0.39, 0.29) is 41.6 Å². The Morgan fingerprint density at radius 1 is 1.16 bits per heavy atom. The van der Waals surface area contributed by atoms with Crippen LogP contribution < -0.4 is 5.32 Å². The zero-order valence-corrected chi connectivity index (χ0v) is 16.1. The SMILES string of the molecule is CC(=O)Nc1nnc(S(=O)(=O)N2CCN(C(=O)OC(C)(C)C)CC2)s1. The van der Waals surface area contributed by atoms with Crippen LogP contribution >= 0.6 is 11.3 Å². The lowest BCUT2D eigenvalue weighted by atomic mass is 10.2. The lowest BCUT2D eigenvalue weighted by Gasteiger charge is -2.34. The number of carbonyl (C=O) groups excluding carboxylic acids is 2. The fraction of sp³-hybridized carbons (Fsp3) is 0.692. The summed E-state index contributed by atoms with van der Waals surface area (Å²) in [7, 11) is -3.81. The van der Waals surface area contributed by atoms with Crippen LogP contribution in [0.25, 0.3) is 0 Å². The molecule has 1 aliphatic rings. The van der Waals surface area contributed by atoms with Crippen molar-refractivity contribution in [1.82, 2.24) is 19.4 Å². The molecule has 1 saturated heterocycles. The van der Waals surface area contributed by atoms with Crippen LogP contribution in [0.2, 0.25) is 0 Å². The number of anilines is 1. The Balaban J connectivity index is 2.00. The van der Waals surface area contributed by atoms with Gasteiger partial charge in [0, 0.05) is 33.1 Å². The third kappa shape index (κ3) is 5.09. The number of aromatic nitrogens is 2. The van der Waals surface area contributed by atoms with Crippen molar-refractivity contribution in [3.63, 3.8) is 0 Å². The Labute approximate surface area is 150 Å². The van der Waals surface area contributed by atoms with E-state index in [2.05, 4.69) is 15.5 Å². The van der Waals surface area contributed by atoms with Crippen molar-refractivity contribution in [2.75, 3.05) is 31.5 Å². The first-order valence-corrected chi connectivity index (χ1v) is 9.84. The van der Waals surface area contributed by atoms with Gasteiger partial charge in [-0.05, 0) is 20.8 Å². The molecule has 1 aromatic rings. The third-order valence-electron chi connectivity index (χ3n) is 3.14. The van der Waals surface area contributed by atoms with Gasteiger partial charge < -0.3 is 15.0 Å². The third-order valence-corrected chi connectivity index (χ3v) is 6.22. The Morgan fingerprint density at radius 2 is 1.76 bits per heavy atom. The molecule has 1 aromatic heterocycles. The molecule has 10 nitrogen and oxygen atoms in total. The fourth-order valence-corrected chi connectivity index (χ4v) is 4.57. The largest absolute Gasteiger partial charge is 0.444 e. The van der Waals surface area contributed by atoms with E-state index in [9.17, 15) is 18.0 Å². The molecule has 12 heteroatoms. The normalized spacial score (nSPS) is 16.6. The van der Waals surface area contributed by atoms with Gasteiger partial charge in [-0.25, -0.2) is 13.2 Å². The molecule has 0 atom stereocenters. The fourth-order valence-electron chi connectivity index (χ4n) is 2.06. The second kappa shape index (κ2) is 7.22. The predicted molar refractivity (Wildman–Crippen MR) is 90.8 cm³/mol. The van der Waals surface area contributed by atoms with Crippen molar-refractivity contribution in [1.29, 1.82) is 0 Å². The number of rotatable bonds is 3. The van der Waals surface area contributed by atoms with Gasteiger partial charge in [0.05, 0.1) is 0 Å². The van der Waals surface area contributed by atoms with E-state index in [0.717, 1.165) is 11.3 Å². The molecule has 0 saturated carbocycles. The first-order chi connectivity index (χ1) is 11.5.